The Bertz CT molecular complexity index is 1250. The molecule has 1 aliphatic heterocycles. The number of amides is 2. The van der Waals surface area contributed by atoms with Crippen LogP contribution in [0.3, 0.4) is 0 Å². The number of rotatable bonds is 11. The highest BCUT2D eigenvalue weighted by Crippen LogP contribution is 2.31. The number of sulfonamides is 1. The summed E-state index contributed by atoms with van der Waals surface area (Å²) in [6.45, 7) is 1.83. The number of nitrogens with zero attached hydrogens (tertiary/aromatic N) is 4. The molecule has 2 aromatic rings. The van der Waals surface area contributed by atoms with Crippen molar-refractivity contribution in [2.75, 3.05) is 66.5 Å². The molecule has 39 heavy (non-hydrogen) atoms. The molecule has 11 nitrogen and oxygen atoms in total. The van der Waals surface area contributed by atoms with Gasteiger partial charge in [-0.05, 0) is 43.4 Å². The van der Waals surface area contributed by atoms with E-state index in [0.29, 0.717) is 34.6 Å². The number of hydrogen-bond donors (Lipinski definition) is 2. The summed E-state index contributed by atoms with van der Waals surface area (Å²) in [6.07, 6.45) is 0. The maximum Gasteiger partial charge on any atom is 0.258 e. The third-order valence-electron chi connectivity index (χ3n) is 6.15. The molecule has 2 amide bonds. The van der Waals surface area contributed by atoms with Crippen molar-refractivity contribution >= 4 is 33.4 Å². The fraction of sp³-hybridized carbons (Fsp3) is 0.417. The molecule has 1 saturated heterocycles. The summed E-state index contributed by atoms with van der Waals surface area (Å²) in [4.78, 5) is 29.2. The first kappa shape index (κ1) is 30.7. The molecule has 214 valence electrons. The molecule has 0 bridgehead atoms. The van der Waals surface area contributed by atoms with Gasteiger partial charge in [0.1, 0.15) is 5.75 Å². The highest BCUT2D eigenvalue weighted by atomic mass is 35.5. The topological polar surface area (TPSA) is 123 Å². The number of carbonyl (C=O) groups is 2. The van der Waals surface area contributed by atoms with Crippen molar-refractivity contribution in [1.82, 2.24) is 24.5 Å². The van der Waals surface area contributed by atoms with Crippen LogP contribution in [0.5, 0.6) is 11.5 Å². The first-order chi connectivity index (χ1) is 18.4. The first-order valence-corrected chi connectivity index (χ1v) is 13.7. The van der Waals surface area contributed by atoms with Crippen LogP contribution in [0, 0.1) is 11.6 Å². The van der Waals surface area contributed by atoms with Gasteiger partial charge < -0.3 is 14.5 Å². The van der Waals surface area contributed by atoms with E-state index >= 15 is 0 Å². The monoisotopic (exact) mass is 589 g/mol. The van der Waals surface area contributed by atoms with Gasteiger partial charge in [0.05, 0.1) is 18.0 Å². The van der Waals surface area contributed by atoms with Crippen molar-refractivity contribution in [2.24, 2.45) is 0 Å². The lowest BCUT2D eigenvalue weighted by Gasteiger charge is -2.33. The van der Waals surface area contributed by atoms with Crippen LogP contribution < -0.4 is 10.2 Å². The predicted molar refractivity (Wildman–Crippen MR) is 138 cm³/mol. The highest BCUT2D eigenvalue weighted by Gasteiger charge is 2.30. The second-order valence-electron chi connectivity index (χ2n) is 9.04. The number of benzene rings is 2. The molecule has 1 heterocycles. The summed E-state index contributed by atoms with van der Waals surface area (Å²) in [5.41, 5.74) is 1.34. The minimum absolute atomic E-state index is 0.0679. The van der Waals surface area contributed by atoms with Gasteiger partial charge in [0, 0.05) is 51.3 Å². The van der Waals surface area contributed by atoms with Gasteiger partial charge in [-0.25, -0.2) is 22.7 Å². The Morgan fingerprint density at radius 1 is 1.08 bits per heavy atom. The molecular weight excluding hydrogens is 560 g/mol. The van der Waals surface area contributed by atoms with Crippen LogP contribution in [0.1, 0.15) is 0 Å². The molecular formula is C24H30ClF2N5O6S. The molecule has 1 aliphatic rings. The van der Waals surface area contributed by atoms with Gasteiger partial charge in [0.25, 0.3) is 5.91 Å². The number of piperazine rings is 1. The van der Waals surface area contributed by atoms with E-state index in [-0.39, 0.29) is 31.3 Å². The molecule has 0 unspecified atom stereocenters. The molecule has 0 aliphatic carbocycles. The van der Waals surface area contributed by atoms with Crippen molar-refractivity contribution in [2.45, 2.75) is 4.90 Å². The summed E-state index contributed by atoms with van der Waals surface area (Å²) >= 11 is 5.79. The summed E-state index contributed by atoms with van der Waals surface area (Å²) in [6, 6.07) is 6.78. The van der Waals surface area contributed by atoms with E-state index in [1.807, 2.05) is 11.9 Å². The number of hydroxylamine groups is 1. The molecule has 2 N–H and O–H groups in total. The number of nitrogens with one attached hydrogen (secondary N) is 1. The Morgan fingerprint density at radius 3 is 2.23 bits per heavy atom. The molecule has 0 saturated carbocycles. The molecule has 0 radical (unpaired) electrons. The average molecular weight is 590 g/mol. The number of ether oxygens (including phenoxy) is 1. The zero-order valence-electron chi connectivity index (χ0n) is 21.4. The van der Waals surface area contributed by atoms with E-state index in [2.05, 4.69) is 4.90 Å². The molecule has 3 rings (SSSR count). The van der Waals surface area contributed by atoms with Gasteiger partial charge in [0.15, 0.2) is 17.4 Å². The van der Waals surface area contributed by atoms with Crippen LogP contribution in [-0.2, 0) is 19.6 Å². The average Bonchev–Trinajstić information content (AvgIpc) is 2.90. The minimum Gasteiger partial charge on any atom is -0.451 e. The lowest BCUT2D eigenvalue weighted by atomic mass is 10.3. The quantitative estimate of drug-likeness (QED) is 0.299. The van der Waals surface area contributed by atoms with Crippen molar-refractivity contribution in [3.8, 4) is 11.5 Å². The third-order valence-corrected chi connectivity index (χ3v) is 8.23. The van der Waals surface area contributed by atoms with Crippen LogP contribution in [0.25, 0.3) is 0 Å². The Balaban J connectivity index is 1.75. The van der Waals surface area contributed by atoms with Crippen LogP contribution in [-0.4, -0.2) is 111 Å². The van der Waals surface area contributed by atoms with Crippen LogP contribution in [0.15, 0.2) is 41.3 Å². The van der Waals surface area contributed by atoms with Crippen molar-refractivity contribution < 1.29 is 36.7 Å². The Hall–Kier alpha value is -2.88. The summed E-state index contributed by atoms with van der Waals surface area (Å²) < 4.78 is 62.0. The summed E-state index contributed by atoms with van der Waals surface area (Å²) in [5, 5.41) is 9.31. The zero-order valence-corrected chi connectivity index (χ0v) is 23.0. The smallest absolute Gasteiger partial charge is 0.258 e. The summed E-state index contributed by atoms with van der Waals surface area (Å²) in [5.74, 6) is -4.69. The van der Waals surface area contributed by atoms with Gasteiger partial charge in [-0.3, -0.25) is 19.7 Å². The van der Waals surface area contributed by atoms with Crippen molar-refractivity contribution in [1.29, 1.82) is 0 Å². The molecule has 1 fully saturated rings. The van der Waals surface area contributed by atoms with Crippen molar-refractivity contribution in [3.63, 3.8) is 0 Å². The number of likely N-dealkylation sites (N-methyl/N-ethyl adjacent to an activating group) is 2. The standard InChI is InChI=1S/C24H30ClF2N5O6S/c1-29-7-10-31(11-8-29)16-23(34)30(2)9-12-32(15-22(33)28-35)39(36,37)19-13-20(26)24(21(27)14-19)38-18-5-3-17(25)4-6-18/h3-6,13-14,35H,7-12,15-16H2,1-2H3,(H,28,33). The molecule has 0 atom stereocenters. The molecule has 2 aromatic carbocycles. The molecule has 15 heteroatoms. The van der Waals surface area contributed by atoms with E-state index < -0.39 is 44.8 Å². The maximum atomic E-state index is 14.8. The van der Waals surface area contributed by atoms with E-state index in [4.69, 9.17) is 21.5 Å². The third kappa shape index (κ3) is 8.30. The largest absolute Gasteiger partial charge is 0.451 e. The Morgan fingerprint density at radius 2 is 1.67 bits per heavy atom. The number of carbonyl (C=O) groups excluding carboxylic acids is 2. The maximum absolute atomic E-state index is 14.8. The van der Waals surface area contributed by atoms with Crippen molar-refractivity contribution in [3.05, 3.63) is 53.1 Å². The Kier molecular flexibility index (Phi) is 10.6. The minimum atomic E-state index is -4.65. The van der Waals surface area contributed by atoms with Crippen LogP contribution in [0.4, 0.5) is 8.78 Å². The Labute approximate surface area is 230 Å². The predicted octanol–water partition coefficient (Wildman–Crippen LogP) is 1.61. The molecule has 0 aromatic heterocycles. The lowest BCUT2D eigenvalue weighted by molar-refractivity contribution is -0.131. The lowest BCUT2D eigenvalue weighted by Crippen LogP contribution is -2.49. The fourth-order valence-corrected chi connectivity index (χ4v) is 5.27. The van der Waals surface area contributed by atoms with Gasteiger partial charge >= 0.3 is 0 Å². The van der Waals surface area contributed by atoms with Gasteiger partial charge in [-0.1, -0.05) is 11.6 Å². The zero-order chi connectivity index (χ0) is 28.7. The second-order valence-corrected chi connectivity index (χ2v) is 11.4. The van der Waals surface area contributed by atoms with Crippen LogP contribution in [0.2, 0.25) is 5.02 Å². The fourth-order valence-electron chi connectivity index (χ4n) is 3.74. The second kappa shape index (κ2) is 13.5. The molecule has 0 spiro atoms. The van der Waals surface area contributed by atoms with Gasteiger partial charge in [-0.15, -0.1) is 0 Å². The summed E-state index contributed by atoms with van der Waals surface area (Å²) in [7, 11) is -1.18. The number of hydrogen-bond acceptors (Lipinski definition) is 8. The van der Waals surface area contributed by atoms with E-state index in [9.17, 15) is 26.8 Å². The number of halogens is 3. The first-order valence-electron chi connectivity index (χ1n) is 11.9. The van der Waals surface area contributed by atoms with E-state index in [0.717, 1.165) is 13.1 Å². The van der Waals surface area contributed by atoms with Gasteiger partial charge in [-0.2, -0.15) is 4.31 Å². The highest BCUT2D eigenvalue weighted by molar-refractivity contribution is 7.89. The van der Waals surface area contributed by atoms with E-state index in [1.165, 1.54) is 41.7 Å². The van der Waals surface area contributed by atoms with Crippen LogP contribution >= 0.6 is 11.6 Å². The van der Waals surface area contributed by atoms with E-state index in [1.54, 1.807) is 0 Å². The SMILES string of the molecule is CN1CCN(CC(=O)N(C)CCN(CC(=O)NO)S(=O)(=O)c2cc(F)c(Oc3ccc(Cl)cc3)c(F)c2)CC1. The normalized spacial score (nSPS) is 14.8. The van der Waals surface area contributed by atoms with Gasteiger partial charge in [0.2, 0.25) is 15.9 Å².